The van der Waals surface area contributed by atoms with Gasteiger partial charge in [0.25, 0.3) is 5.91 Å². The summed E-state index contributed by atoms with van der Waals surface area (Å²) in [6.07, 6.45) is -0.159. The molecule has 0 aliphatic heterocycles. The summed E-state index contributed by atoms with van der Waals surface area (Å²) in [6, 6.07) is 19.2. The number of nitrogen functional groups attached to an aromatic ring is 1. The van der Waals surface area contributed by atoms with Gasteiger partial charge >= 0.3 is 5.97 Å². The highest BCUT2D eigenvalue weighted by Crippen LogP contribution is 2.29. The number of ether oxygens (including phenoxy) is 3. The fourth-order valence-electron chi connectivity index (χ4n) is 2.95. The van der Waals surface area contributed by atoms with Crippen LogP contribution in [0.25, 0.3) is 0 Å². The van der Waals surface area contributed by atoms with Crippen LogP contribution in [0.15, 0.2) is 66.7 Å². The van der Waals surface area contributed by atoms with Crippen LogP contribution in [0.3, 0.4) is 0 Å². The molecule has 0 saturated heterocycles. The second-order valence-corrected chi connectivity index (χ2v) is 7.35. The van der Waals surface area contributed by atoms with E-state index in [4.69, 9.17) is 19.9 Å². The zero-order valence-corrected chi connectivity index (χ0v) is 18.3. The lowest BCUT2D eigenvalue weighted by atomic mass is 10.1. The molecule has 3 aromatic rings. The van der Waals surface area contributed by atoms with Crippen LogP contribution in [0, 0.1) is 0 Å². The third-order valence-electron chi connectivity index (χ3n) is 4.53. The Labute approximate surface area is 187 Å². The number of nitrogens with two attached hydrogens (primary N) is 1. The molecule has 3 N–H and O–H groups in total. The topological polar surface area (TPSA) is 99.9 Å². The number of rotatable bonds is 8. The third kappa shape index (κ3) is 5.78. The van der Waals surface area contributed by atoms with Gasteiger partial charge in [-0.1, -0.05) is 30.3 Å². The van der Waals surface area contributed by atoms with Crippen molar-refractivity contribution in [1.29, 1.82) is 0 Å². The molecule has 0 saturated carbocycles. The van der Waals surface area contributed by atoms with Crippen molar-refractivity contribution < 1.29 is 23.8 Å². The Morgan fingerprint density at radius 1 is 0.938 bits per heavy atom. The maximum atomic E-state index is 12.9. The fraction of sp³-hybridized carbons (Fsp3) is 0.200. The molecule has 0 aliphatic rings. The summed E-state index contributed by atoms with van der Waals surface area (Å²) in [5.41, 5.74) is 8.57. The number of hydrogen-bond acceptors (Lipinski definition) is 6. The van der Waals surface area contributed by atoms with Crippen molar-refractivity contribution >= 4 is 23.3 Å². The molecule has 3 rings (SSSR count). The van der Waals surface area contributed by atoms with Crippen LogP contribution in [-0.4, -0.2) is 25.1 Å². The predicted molar refractivity (Wildman–Crippen MR) is 123 cm³/mol. The van der Waals surface area contributed by atoms with Crippen LogP contribution >= 0.6 is 0 Å². The van der Waals surface area contributed by atoms with Crippen molar-refractivity contribution in [3.05, 3.63) is 83.4 Å². The first-order valence-electron chi connectivity index (χ1n) is 10.1. The Hall–Kier alpha value is -4.00. The van der Waals surface area contributed by atoms with E-state index in [1.807, 2.05) is 44.2 Å². The van der Waals surface area contributed by atoms with Gasteiger partial charge in [-0.05, 0) is 55.8 Å². The standard InChI is InChI=1S/C25H26N2O5/c1-16(2)32-23-14-19(25(29)30-3)10-12-21(23)27-24(28)18-9-11-20(26)22(13-18)31-15-17-7-5-4-6-8-17/h4-14,16H,15,26H2,1-3H3,(H,27,28). The zero-order chi connectivity index (χ0) is 23.1. The van der Waals surface area contributed by atoms with E-state index in [0.717, 1.165) is 5.56 Å². The molecule has 0 aliphatic carbocycles. The van der Waals surface area contributed by atoms with Crippen LogP contribution in [0.4, 0.5) is 11.4 Å². The molecular formula is C25H26N2O5. The van der Waals surface area contributed by atoms with Gasteiger partial charge in [-0.15, -0.1) is 0 Å². The molecule has 0 atom stereocenters. The number of carbonyl (C=O) groups is 2. The Kier molecular flexibility index (Phi) is 7.33. The molecule has 7 heteroatoms. The van der Waals surface area contributed by atoms with Crippen molar-refractivity contribution in [3.63, 3.8) is 0 Å². The number of benzene rings is 3. The summed E-state index contributed by atoms with van der Waals surface area (Å²) in [4.78, 5) is 24.8. The minimum absolute atomic E-state index is 0.159. The second kappa shape index (κ2) is 10.3. The van der Waals surface area contributed by atoms with Gasteiger partial charge < -0.3 is 25.3 Å². The SMILES string of the molecule is COC(=O)c1ccc(NC(=O)c2ccc(N)c(OCc3ccccc3)c2)c(OC(C)C)c1. The summed E-state index contributed by atoms with van der Waals surface area (Å²) in [5, 5.41) is 2.82. The minimum Gasteiger partial charge on any atom is -0.489 e. The molecule has 32 heavy (non-hydrogen) atoms. The molecular weight excluding hydrogens is 408 g/mol. The molecule has 166 valence electrons. The van der Waals surface area contributed by atoms with Crippen LogP contribution in [0.2, 0.25) is 0 Å². The molecule has 0 bridgehead atoms. The van der Waals surface area contributed by atoms with Crippen LogP contribution in [0.5, 0.6) is 11.5 Å². The van der Waals surface area contributed by atoms with Gasteiger partial charge in [0.15, 0.2) is 0 Å². The van der Waals surface area contributed by atoms with E-state index in [-0.39, 0.29) is 12.0 Å². The normalized spacial score (nSPS) is 10.5. The minimum atomic E-state index is -0.491. The van der Waals surface area contributed by atoms with E-state index >= 15 is 0 Å². The molecule has 0 unspecified atom stereocenters. The van der Waals surface area contributed by atoms with Gasteiger partial charge in [-0.25, -0.2) is 4.79 Å². The Morgan fingerprint density at radius 3 is 2.31 bits per heavy atom. The van der Waals surface area contributed by atoms with Gasteiger partial charge in [0, 0.05) is 5.56 Å². The molecule has 0 spiro atoms. The quantitative estimate of drug-likeness (QED) is 0.395. The number of amides is 1. The first-order valence-corrected chi connectivity index (χ1v) is 10.1. The fourth-order valence-corrected chi connectivity index (χ4v) is 2.95. The first-order chi connectivity index (χ1) is 15.4. The van der Waals surface area contributed by atoms with E-state index in [0.29, 0.717) is 40.6 Å². The maximum absolute atomic E-state index is 12.9. The number of esters is 1. The summed E-state index contributed by atoms with van der Waals surface area (Å²) < 4.78 is 16.4. The molecule has 0 aromatic heterocycles. The summed E-state index contributed by atoms with van der Waals surface area (Å²) in [6.45, 7) is 4.04. The highest BCUT2D eigenvalue weighted by atomic mass is 16.5. The maximum Gasteiger partial charge on any atom is 0.337 e. The smallest absolute Gasteiger partial charge is 0.337 e. The van der Waals surface area contributed by atoms with Crippen molar-refractivity contribution in [2.75, 3.05) is 18.2 Å². The largest absolute Gasteiger partial charge is 0.489 e. The third-order valence-corrected chi connectivity index (χ3v) is 4.53. The van der Waals surface area contributed by atoms with Gasteiger partial charge in [0.2, 0.25) is 0 Å². The Bertz CT molecular complexity index is 1100. The van der Waals surface area contributed by atoms with Crippen molar-refractivity contribution in [2.24, 2.45) is 0 Å². The van der Waals surface area contributed by atoms with Crippen LogP contribution < -0.4 is 20.5 Å². The Morgan fingerprint density at radius 2 is 1.62 bits per heavy atom. The van der Waals surface area contributed by atoms with Crippen LogP contribution in [-0.2, 0) is 11.3 Å². The first kappa shape index (κ1) is 22.7. The highest BCUT2D eigenvalue weighted by molar-refractivity contribution is 6.06. The zero-order valence-electron chi connectivity index (χ0n) is 18.3. The number of hydrogen-bond donors (Lipinski definition) is 2. The number of anilines is 2. The van der Waals surface area contributed by atoms with Gasteiger partial charge in [-0.3, -0.25) is 4.79 Å². The van der Waals surface area contributed by atoms with E-state index in [1.54, 1.807) is 36.4 Å². The Balaban J connectivity index is 1.79. The molecule has 7 nitrogen and oxygen atoms in total. The lowest BCUT2D eigenvalue weighted by Crippen LogP contribution is -2.15. The van der Waals surface area contributed by atoms with Crippen molar-refractivity contribution in [3.8, 4) is 11.5 Å². The van der Waals surface area contributed by atoms with Gasteiger partial charge in [0.1, 0.15) is 18.1 Å². The number of carbonyl (C=O) groups excluding carboxylic acids is 2. The number of nitrogens with one attached hydrogen (secondary N) is 1. The summed E-state index contributed by atoms with van der Waals surface area (Å²) in [5.74, 6) is -0.0716. The summed E-state index contributed by atoms with van der Waals surface area (Å²) >= 11 is 0. The molecule has 0 heterocycles. The van der Waals surface area contributed by atoms with E-state index in [2.05, 4.69) is 5.32 Å². The monoisotopic (exact) mass is 434 g/mol. The van der Waals surface area contributed by atoms with E-state index in [1.165, 1.54) is 7.11 Å². The lowest BCUT2D eigenvalue weighted by molar-refractivity contribution is 0.0600. The van der Waals surface area contributed by atoms with Gasteiger partial charge in [0.05, 0.1) is 30.2 Å². The average molecular weight is 434 g/mol. The highest BCUT2D eigenvalue weighted by Gasteiger charge is 2.16. The molecule has 0 fully saturated rings. The van der Waals surface area contributed by atoms with Gasteiger partial charge in [-0.2, -0.15) is 0 Å². The lowest BCUT2D eigenvalue weighted by Gasteiger charge is -2.16. The van der Waals surface area contributed by atoms with Crippen LogP contribution in [0.1, 0.15) is 40.1 Å². The van der Waals surface area contributed by atoms with Crippen molar-refractivity contribution in [1.82, 2.24) is 0 Å². The van der Waals surface area contributed by atoms with Crippen molar-refractivity contribution in [2.45, 2.75) is 26.6 Å². The molecule has 1 amide bonds. The molecule has 0 radical (unpaired) electrons. The molecule has 3 aromatic carbocycles. The predicted octanol–water partition coefficient (Wildman–Crippen LogP) is 4.67. The number of methoxy groups -OCH3 is 1. The average Bonchev–Trinajstić information content (AvgIpc) is 2.79. The summed E-state index contributed by atoms with van der Waals surface area (Å²) in [7, 11) is 1.31. The second-order valence-electron chi connectivity index (χ2n) is 7.35. The van der Waals surface area contributed by atoms with E-state index < -0.39 is 5.97 Å². The van der Waals surface area contributed by atoms with E-state index in [9.17, 15) is 9.59 Å².